The zero-order valence-corrected chi connectivity index (χ0v) is 17.5. The van der Waals surface area contributed by atoms with Crippen LogP contribution in [0.1, 0.15) is 18.4 Å². The molecule has 0 aliphatic rings. The van der Waals surface area contributed by atoms with E-state index in [9.17, 15) is 26.7 Å². The van der Waals surface area contributed by atoms with Gasteiger partial charge in [-0.25, -0.2) is 13.8 Å². The molecule has 1 heterocycles. The molecule has 0 fully saturated rings. The lowest BCUT2D eigenvalue weighted by molar-refractivity contribution is -0.137. The van der Waals surface area contributed by atoms with Crippen molar-refractivity contribution in [3.8, 4) is 11.3 Å². The number of hydrogen-bond acceptors (Lipinski definition) is 4. The molecule has 11 heteroatoms. The van der Waals surface area contributed by atoms with Gasteiger partial charge in [0.1, 0.15) is 11.6 Å². The van der Waals surface area contributed by atoms with Crippen molar-refractivity contribution >= 4 is 40.5 Å². The Morgan fingerprint density at radius 3 is 2.35 bits per heavy atom. The monoisotopic (exact) mass is 477 g/mol. The molecule has 1 aromatic heterocycles. The summed E-state index contributed by atoms with van der Waals surface area (Å²) >= 11 is 1.01. The SMILES string of the molecule is Cl.NCCCC(=O)N(c1ccc(C(F)(F)F)cc1)c1nc(-c2ccc(F)cc2F)cs1. The third-order valence-electron chi connectivity index (χ3n) is 4.19. The number of nitrogens with two attached hydrogens (primary N) is 1. The van der Waals surface area contributed by atoms with Gasteiger partial charge in [0.2, 0.25) is 5.91 Å². The highest BCUT2D eigenvalue weighted by Crippen LogP contribution is 2.36. The summed E-state index contributed by atoms with van der Waals surface area (Å²) in [6.07, 6.45) is -4.08. The predicted octanol–water partition coefficient (Wildman–Crippen LogP) is 5.93. The number of aromatic nitrogens is 1. The van der Waals surface area contributed by atoms with Gasteiger partial charge in [-0.2, -0.15) is 13.2 Å². The third-order valence-corrected chi connectivity index (χ3v) is 5.01. The molecule has 166 valence electrons. The molecule has 2 aromatic carbocycles. The van der Waals surface area contributed by atoms with Crippen LogP contribution in [0.15, 0.2) is 47.8 Å². The van der Waals surface area contributed by atoms with Gasteiger partial charge in [-0.05, 0) is 49.4 Å². The topological polar surface area (TPSA) is 59.2 Å². The van der Waals surface area contributed by atoms with E-state index in [4.69, 9.17) is 5.73 Å². The van der Waals surface area contributed by atoms with Crippen LogP contribution in [0.25, 0.3) is 11.3 Å². The van der Waals surface area contributed by atoms with E-state index in [1.165, 1.54) is 28.5 Å². The maximum absolute atomic E-state index is 14.1. The molecule has 0 saturated heterocycles. The Bertz CT molecular complexity index is 1040. The summed E-state index contributed by atoms with van der Waals surface area (Å²) in [5.41, 5.74) is 5.00. The number of hydrogen-bond donors (Lipinski definition) is 1. The van der Waals surface area contributed by atoms with Gasteiger partial charge in [0.25, 0.3) is 0 Å². The summed E-state index contributed by atoms with van der Waals surface area (Å²) < 4.78 is 65.8. The molecule has 3 rings (SSSR count). The Balaban J connectivity index is 0.00000341. The van der Waals surface area contributed by atoms with Crippen LogP contribution in [0.3, 0.4) is 0 Å². The molecule has 0 atom stereocenters. The number of carbonyl (C=O) groups is 1. The molecule has 31 heavy (non-hydrogen) atoms. The Labute approximate surface area is 184 Å². The molecule has 1 amide bonds. The first-order valence-corrected chi connectivity index (χ1v) is 9.70. The van der Waals surface area contributed by atoms with Gasteiger partial charge >= 0.3 is 6.18 Å². The van der Waals surface area contributed by atoms with Gasteiger partial charge < -0.3 is 5.73 Å². The summed E-state index contributed by atoms with van der Waals surface area (Å²) in [7, 11) is 0. The first-order chi connectivity index (χ1) is 14.2. The summed E-state index contributed by atoms with van der Waals surface area (Å²) in [4.78, 5) is 18.2. The summed E-state index contributed by atoms with van der Waals surface area (Å²) in [5, 5.41) is 1.63. The molecule has 0 aliphatic carbocycles. The summed E-state index contributed by atoms with van der Waals surface area (Å²) in [6, 6.07) is 7.10. The second-order valence-corrected chi connectivity index (χ2v) is 7.14. The standard InChI is InChI=1S/C20H16F5N3OS.ClH/c21-13-5-8-15(16(22)10-13)17-11-30-19(27-17)28(18(29)2-1-9-26)14-6-3-12(4-7-14)20(23,24)25;/h3-8,10-11H,1-2,9,26H2;1H. The third kappa shape index (κ3) is 5.78. The van der Waals surface area contributed by atoms with E-state index in [0.717, 1.165) is 29.5 Å². The van der Waals surface area contributed by atoms with E-state index in [1.807, 2.05) is 0 Å². The zero-order chi connectivity index (χ0) is 21.9. The van der Waals surface area contributed by atoms with E-state index >= 15 is 0 Å². The largest absolute Gasteiger partial charge is 0.416 e. The molecule has 3 aromatic rings. The number of thiazole rings is 1. The maximum Gasteiger partial charge on any atom is 0.416 e. The fourth-order valence-corrected chi connectivity index (χ4v) is 3.57. The second kappa shape index (κ2) is 10.2. The van der Waals surface area contributed by atoms with Crippen LogP contribution < -0.4 is 10.6 Å². The molecule has 0 unspecified atom stereocenters. The fourth-order valence-electron chi connectivity index (χ4n) is 2.71. The lowest BCUT2D eigenvalue weighted by atomic mass is 10.1. The summed E-state index contributed by atoms with van der Waals surface area (Å²) in [6.45, 7) is 0.260. The van der Waals surface area contributed by atoms with Crippen LogP contribution >= 0.6 is 23.7 Å². The highest BCUT2D eigenvalue weighted by molar-refractivity contribution is 7.14. The lowest BCUT2D eigenvalue weighted by Crippen LogP contribution is -2.26. The average molecular weight is 478 g/mol. The van der Waals surface area contributed by atoms with E-state index in [-0.39, 0.29) is 47.4 Å². The van der Waals surface area contributed by atoms with Crippen molar-refractivity contribution in [1.82, 2.24) is 4.98 Å². The molecule has 0 spiro atoms. The number of benzene rings is 2. The quantitative estimate of drug-likeness (QED) is 0.447. The minimum absolute atomic E-state index is 0. The van der Waals surface area contributed by atoms with Crippen LogP contribution in [0.5, 0.6) is 0 Å². The normalized spacial score (nSPS) is 11.2. The van der Waals surface area contributed by atoms with Crippen molar-refractivity contribution < 1.29 is 26.7 Å². The summed E-state index contributed by atoms with van der Waals surface area (Å²) in [5.74, 6) is -1.97. The van der Waals surface area contributed by atoms with Crippen LogP contribution in [0, 0.1) is 11.6 Å². The van der Waals surface area contributed by atoms with Crippen molar-refractivity contribution in [2.75, 3.05) is 11.4 Å². The smallest absolute Gasteiger partial charge is 0.330 e. The van der Waals surface area contributed by atoms with Crippen molar-refractivity contribution in [1.29, 1.82) is 0 Å². The molecule has 0 bridgehead atoms. The van der Waals surface area contributed by atoms with Gasteiger partial charge in [0.15, 0.2) is 5.13 Å². The number of nitrogens with zero attached hydrogens (tertiary/aromatic N) is 2. The number of rotatable bonds is 6. The van der Waals surface area contributed by atoms with Crippen LogP contribution in [0.2, 0.25) is 0 Å². The second-order valence-electron chi connectivity index (χ2n) is 6.31. The molecular weight excluding hydrogens is 461 g/mol. The number of anilines is 2. The number of halogens is 6. The molecule has 0 aliphatic heterocycles. The van der Waals surface area contributed by atoms with Crippen molar-refractivity contribution in [3.63, 3.8) is 0 Å². The van der Waals surface area contributed by atoms with Crippen molar-refractivity contribution in [2.45, 2.75) is 19.0 Å². The molecule has 4 nitrogen and oxygen atoms in total. The highest BCUT2D eigenvalue weighted by Gasteiger charge is 2.31. The first-order valence-electron chi connectivity index (χ1n) is 8.82. The molecule has 0 saturated carbocycles. The molecule has 2 N–H and O–H groups in total. The van der Waals surface area contributed by atoms with Crippen LogP contribution in [-0.4, -0.2) is 17.4 Å². The highest BCUT2D eigenvalue weighted by atomic mass is 35.5. The number of amides is 1. The Hall–Kier alpha value is -2.56. The van der Waals surface area contributed by atoms with Crippen LogP contribution in [-0.2, 0) is 11.0 Å². The zero-order valence-electron chi connectivity index (χ0n) is 15.8. The van der Waals surface area contributed by atoms with Gasteiger partial charge in [0, 0.05) is 23.4 Å². The molecule has 0 radical (unpaired) electrons. The van der Waals surface area contributed by atoms with Gasteiger partial charge in [-0.15, -0.1) is 23.7 Å². The van der Waals surface area contributed by atoms with Gasteiger partial charge in [0.05, 0.1) is 16.9 Å². The minimum atomic E-state index is -4.51. The van der Waals surface area contributed by atoms with Crippen molar-refractivity contribution in [3.05, 3.63) is 65.0 Å². The Morgan fingerprint density at radius 1 is 1.10 bits per heavy atom. The minimum Gasteiger partial charge on any atom is -0.330 e. The average Bonchev–Trinajstić information content (AvgIpc) is 3.15. The number of carbonyl (C=O) groups excluding carboxylic acids is 1. The van der Waals surface area contributed by atoms with E-state index in [2.05, 4.69) is 4.98 Å². The van der Waals surface area contributed by atoms with Crippen molar-refractivity contribution in [2.24, 2.45) is 5.73 Å². The van der Waals surface area contributed by atoms with E-state index in [1.54, 1.807) is 0 Å². The lowest BCUT2D eigenvalue weighted by Gasteiger charge is -2.20. The predicted molar refractivity (Wildman–Crippen MR) is 112 cm³/mol. The fraction of sp³-hybridized carbons (Fsp3) is 0.200. The molecular formula is C20H17ClF5N3OS. The van der Waals surface area contributed by atoms with E-state index in [0.29, 0.717) is 12.5 Å². The maximum atomic E-state index is 14.1. The van der Waals surface area contributed by atoms with E-state index < -0.39 is 29.3 Å². The number of alkyl halides is 3. The Kier molecular flexibility index (Phi) is 8.10. The van der Waals surface area contributed by atoms with Crippen LogP contribution in [0.4, 0.5) is 32.8 Å². The Morgan fingerprint density at radius 2 is 1.77 bits per heavy atom. The first kappa shape index (κ1) is 24.7. The van der Waals surface area contributed by atoms with Gasteiger partial charge in [-0.3, -0.25) is 9.69 Å². The van der Waals surface area contributed by atoms with Gasteiger partial charge in [-0.1, -0.05) is 0 Å².